The van der Waals surface area contributed by atoms with Crippen molar-refractivity contribution >= 4 is 11.8 Å². The van der Waals surface area contributed by atoms with Crippen LogP contribution in [0, 0.1) is 0 Å². The molecular weight excluding hydrogens is 230 g/mol. The zero-order chi connectivity index (χ0) is 13.1. The van der Waals surface area contributed by atoms with Crippen molar-refractivity contribution in [2.24, 2.45) is 0 Å². The molecule has 3 atom stereocenters. The molecule has 3 rings (SSSR count). The fourth-order valence-electron chi connectivity index (χ4n) is 3.67. The summed E-state index contributed by atoms with van der Waals surface area (Å²) in [6.45, 7) is 3.38. The van der Waals surface area contributed by atoms with Gasteiger partial charge in [0.25, 0.3) is 0 Å². The predicted molar refractivity (Wildman–Crippen MR) is 66.9 cm³/mol. The maximum Gasteiger partial charge on any atom is 0.248 e. The van der Waals surface area contributed by atoms with E-state index in [2.05, 4.69) is 4.90 Å². The predicted octanol–water partition coefficient (Wildman–Crippen LogP) is -0.0878. The largest absolute Gasteiger partial charge is 0.327 e. The van der Waals surface area contributed by atoms with E-state index in [9.17, 15) is 9.59 Å². The molecule has 3 aliphatic rings. The lowest BCUT2D eigenvalue weighted by molar-refractivity contribution is -0.164. The van der Waals surface area contributed by atoms with Crippen LogP contribution in [-0.2, 0) is 9.59 Å². The maximum absolute atomic E-state index is 12.6. The molecule has 0 radical (unpaired) electrons. The molecule has 0 aromatic heterocycles. The van der Waals surface area contributed by atoms with Crippen molar-refractivity contribution in [3.63, 3.8) is 0 Å². The lowest BCUT2D eigenvalue weighted by atomic mass is 9.92. The third-order valence-corrected chi connectivity index (χ3v) is 4.92. The van der Waals surface area contributed by atoms with Gasteiger partial charge in [-0.3, -0.25) is 9.59 Å². The van der Waals surface area contributed by atoms with Crippen LogP contribution >= 0.6 is 0 Å². The van der Waals surface area contributed by atoms with Crippen LogP contribution in [0.2, 0.25) is 0 Å². The zero-order valence-corrected chi connectivity index (χ0v) is 11.3. The van der Waals surface area contributed by atoms with E-state index in [1.165, 1.54) is 0 Å². The van der Waals surface area contributed by atoms with Gasteiger partial charge in [-0.25, -0.2) is 0 Å². The van der Waals surface area contributed by atoms with E-state index in [-0.39, 0.29) is 17.9 Å². The first-order valence-electron chi connectivity index (χ1n) is 6.74. The van der Waals surface area contributed by atoms with Crippen molar-refractivity contribution in [2.75, 3.05) is 27.2 Å². The summed E-state index contributed by atoms with van der Waals surface area (Å²) in [4.78, 5) is 30.9. The van der Waals surface area contributed by atoms with Crippen LogP contribution in [0.15, 0.2) is 0 Å². The Morgan fingerprint density at radius 3 is 2.72 bits per heavy atom. The molecule has 100 valence electrons. The minimum Gasteiger partial charge on any atom is -0.327 e. The molecule has 0 spiro atoms. The Balaban J connectivity index is 1.93. The van der Waals surface area contributed by atoms with Crippen LogP contribution in [0.4, 0.5) is 0 Å². The molecule has 3 aliphatic heterocycles. The molecule has 2 amide bonds. The summed E-state index contributed by atoms with van der Waals surface area (Å²) in [5.41, 5.74) is -0.561. The number of amides is 2. The monoisotopic (exact) mass is 251 g/mol. The highest BCUT2D eigenvalue weighted by Gasteiger charge is 2.57. The van der Waals surface area contributed by atoms with Crippen LogP contribution in [0.5, 0.6) is 0 Å². The van der Waals surface area contributed by atoms with Gasteiger partial charge in [-0.2, -0.15) is 0 Å². The van der Waals surface area contributed by atoms with Crippen molar-refractivity contribution < 1.29 is 9.59 Å². The van der Waals surface area contributed by atoms with Gasteiger partial charge in [-0.1, -0.05) is 0 Å². The molecule has 0 aromatic rings. The molecule has 5 heteroatoms. The third-order valence-electron chi connectivity index (χ3n) is 4.92. The molecular formula is C13H21N3O2. The van der Waals surface area contributed by atoms with E-state index < -0.39 is 5.54 Å². The summed E-state index contributed by atoms with van der Waals surface area (Å²) >= 11 is 0. The number of hydrogen-bond acceptors (Lipinski definition) is 3. The lowest BCUT2D eigenvalue weighted by Gasteiger charge is -2.45. The van der Waals surface area contributed by atoms with Crippen LogP contribution in [-0.4, -0.2) is 71.3 Å². The number of carbonyl (C=O) groups is 2. The molecule has 5 nitrogen and oxygen atoms in total. The molecule has 18 heavy (non-hydrogen) atoms. The summed E-state index contributed by atoms with van der Waals surface area (Å²) in [7, 11) is 4.03. The van der Waals surface area contributed by atoms with Crippen molar-refractivity contribution in [3.8, 4) is 0 Å². The van der Waals surface area contributed by atoms with Crippen molar-refractivity contribution in [3.05, 3.63) is 0 Å². The molecule has 0 saturated carbocycles. The fourth-order valence-corrected chi connectivity index (χ4v) is 3.67. The van der Waals surface area contributed by atoms with Crippen molar-refractivity contribution in [1.82, 2.24) is 14.7 Å². The second-order valence-electron chi connectivity index (χ2n) is 6.19. The van der Waals surface area contributed by atoms with Gasteiger partial charge in [0.2, 0.25) is 11.8 Å². The Labute approximate surface area is 108 Å². The summed E-state index contributed by atoms with van der Waals surface area (Å²) in [5, 5.41) is 0. The first kappa shape index (κ1) is 12.0. The second-order valence-corrected chi connectivity index (χ2v) is 6.19. The van der Waals surface area contributed by atoms with Gasteiger partial charge >= 0.3 is 0 Å². The fraction of sp³-hybridized carbons (Fsp3) is 0.846. The van der Waals surface area contributed by atoms with Gasteiger partial charge in [0, 0.05) is 19.1 Å². The van der Waals surface area contributed by atoms with E-state index in [0.29, 0.717) is 12.6 Å². The van der Waals surface area contributed by atoms with Gasteiger partial charge in [0.15, 0.2) is 0 Å². The number of carbonyl (C=O) groups excluding carboxylic acids is 2. The second kappa shape index (κ2) is 3.70. The van der Waals surface area contributed by atoms with Gasteiger partial charge in [0.1, 0.15) is 11.6 Å². The molecule has 0 N–H and O–H groups in total. The van der Waals surface area contributed by atoms with Gasteiger partial charge in [-0.05, 0) is 40.3 Å². The number of piperazine rings is 1. The molecule has 0 aromatic carbocycles. The Kier molecular flexibility index (Phi) is 2.46. The topological polar surface area (TPSA) is 43.9 Å². The Morgan fingerprint density at radius 1 is 1.33 bits per heavy atom. The van der Waals surface area contributed by atoms with Crippen LogP contribution < -0.4 is 0 Å². The summed E-state index contributed by atoms with van der Waals surface area (Å²) in [5.74, 6) is 0.327. The van der Waals surface area contributed by atoms with E-state index in [1.807, 2.05) is 30.8 Å². The standard InChI is InChI=1S/C13H21N3O2/c1-13-5-4-6-16(13)11(17)10-7-9(14(2)3)8-15(10)12(13)18/h9-10H,4-8H2,1-3H3/t9-,10+,13+/m1/s1. The van der Waals surface area contributed by atoms with E-state index >= 15 is 0 Å². The molecule has 3 heterocycles. The van der Waals surface area contributed by atoms with Gasteiger partial charge in [0.05, 0.1) is 0 Å². The quantitative estimate of drug-likeness (QED) is 0.654. The first-order chi connectivity index (χ1) is 8.45. The Bertz CT molecular complexity index is 409. The smallest absolute Gasteiger partial charge is 0.248 e. The minimum absolute atomic E-state index is 0.161. The Morgan fingerprint density at radius 2 is 2.06 bits per heavy atom. The van der Waals surface area contributed by atoms with E-state index in [1.54, 1.807) is 0 Å². The molecule has 0 unspecified atom stereocenters. The van der Waals surface area contributed by atoms with E-state index in [0.717, 1.165) is 25.8 Å². The zero-order valence-electron chi connectivity index (χ0n) is 11.3. The van der Waals surface area contributed by atoms with Gasteiger partial charge in [-0.15, -0.1) is 0 Å². The maximum atomic E-state index is 12.6. The highest BCUT2D eigenvalue weighted by molar-refractivity contribution is 6.00. The molecule has 3 fully saturated rings. The summed E-state index contributed by atoms with van der Waals surface area (Å²) in [6.07, 6.45) is 2.54. The highest BCUT2D eigenvalue weighted by atomic mass is 16.2. The third kappa shape index (κ3) is 1.37. The number of fused-ring (bicyclic) bond motifs is 2. The van der Waals surface area contributed by atoms with Crippen LogP contribution in [0.3, 0.4) is 0 Å². The number of likely N-dealkylation sites (N-methyl/N-ethyl adjacent to an activating group) is 1. The summed E-state index contributed by atoms with van der Waals surface area (Å²) < 4.78 is 0. The summed E-state index contributed by atoms with van der Waals surface area (Å²) in [6, 6.07) is 0.0996. The number of nitrogens with zero attached hydrogens (tertiary/aromatic N) is 3. The minimum atomic E-state index is -0.561. The van der Waals surface area contributed by atoms with Crippen molar-refractivity contribution in [1.29, 1.82) is 0 Å². The molecule has 0 bridgehead atoms. The Hall–Kier alpha value is -1.10. The molecule has 3 saturated heterocycles. The van der Waals surface area contributed by atoms with E-state index in [4.69, 9.17) is 0 Å². The normalized spacial score (nSPS) is 39.6. The van der Waals surface area contributed by atoms with Crippen LogP contribution in [0.25, 0.3) is 0 Å². The van der Waals surface area contributed by atoms with Gasteiger partial charge < -0.3 is 14.7 Å². The highest BCUT2D eigenvalue weighted by Crippen LogP contribution is 2.39. The number of hydrogen-bond donors (Lipinski definition) is 0. The average Bonchev–Trinajstić information content (AvgIpc) is 2.90. The molecule has 0 aliphatic carbocycles. The van der Waals surface area contributed by atoms with Crippen molar-refractivity contribution in [2.45, 2.75) is 43.8 Å². The van der Waals surface area contributed by atoms with Crippen LogP contribution in [0.1, 0.15) is 26.2 Å². The first-order valence-corrected chi connectivity index (χ1v) is 6.74. The number of rotatable bonds is 1. The lowest BCUT2D eigenvalue weighted by Crippen LogP contribution is -2.66. The average molecular weight is 251 g/mol. The SMILES string of the molecule is CN(C)[C@@H]1C[C@H]2C(=O)N3CCC[C@@]3(C)C(=O)N2C1.